The van der Waals surface area contributed by atoms with Crippen LogP contribution >= 0.6 is 11.8 Å². The van der Waals surface area contributed by atoms with E-state index in [1.54, 1.807) is 11.8 Å². The minimum atomic E-state index is -4.74. The van der Waals surface area contributed by atoms with Gasteiger partial charge >= 0.3 is 12.4 Å². The fraction of sp³-hybridized carbons (Fsp3) is 0.290. The number of hydrogen-bond acceptors (Lipinski definition) is 5. The third kappa shape index (κ3) is 7.75. The first-order valence-corrected chi connectivity index (χ1v) is 14.8. The average molecular weight is 609 g/mol. The molecule has 0 aliphatic carbocycles. The van der Waals surface area contributed by atoms with Crippen LogP contribution in [0, 0.1) is 20.8 Å². The van der Waals surface area contributed by atoms with Gasteiger partial charge in [0, 0.05) is 30.1 Å². The van der Waals surface area contributed by atoms with Gasteiger partial charge in [0.1, 0.15) is 12.1 Å². The van der Waals surface area contributed by atoms with Crippen LogP contribution in [0.5, 0.6) is 5.75 Å². The number of rotatable bonds is 8. The van der Waals surface area contributed by atoms with Gasteiger partial charge < -0.3 is 15.0 Å². The normalized spacial score (nSPS) is 14.4. The number of benzene rings is 3. The van der Waals surface area contributed by atoms with Crippen LogP contribution in [0.3, 0.4) is 0 Å². The van der Waals surface area contributed by atoms with Gasteiger partial charge in [-0.15, -0.1) is 18.3 Å². The summed E-state index contributed by atoms with van der Waals surface area (Å²) in [4.78, 5) is 23.4. The molecule has 0 radical (unpaired) electrons. The van der Waals surface area contributed by atoms with Crippen molar-refractivity contribution < 1.29 is 22.7 Å². The molecule has 1 aromatic heterocycles. The molecule has 1 fully saturated rings. The predicted octanol–water partition coefficient (Wildman–Crippen LogP) is 7.01. The molecule has 0 saturated carbocycles. The highest BCUT2D eigenvalue weighted by Gasteiger charge is 2.31. The Labute approximate surface area is 252 Å². The molecule has 8 nitrogen and oxygen atoms in total. The number of aromatic nitrogens is 3. The van der Waals surface area contributed by atoms with Crippen molar-refractivity contribution in [2.45, 2.75) is 40.0 Å². The number of nitrogens with one attached hydrogen (secondary N) is 1. The van der Waals surface area contributed by atoms with E-state index in [-0.39, 0.29) is 11.8 Å². The van der Waals surface area contributed by atoms with E-state index in [1.807, 2.05) is 24.3 Å². The first-order valence-electron chi connectivity index (χ1n) is 13.8. The highest BCUT2D eigenvalue weighted by Crippen LogP contribution is 2.32. The van der Waals surface area contributed by atoms with E-state index in [1.165, 1.54) is 52.0 Å². The number of amidine groups is 1. The largest absolute Gasteiger partial charge is 0.573 e. The molecule has 2 amide bonds. The smallest absolute Gasteiger partial charge is 0.406 e. The Hall–Kier alpha value is -4.32. The molecule has 4 aromatic rings. The first-order chi connectivity index (χ1) is 20.6. The number of alkyl halides is 3. The zero-order chi connectivity index (χ0) is 30.6. The molecule has 1 N–H and O–H groups in total. The first kappa shape index (κ1) is 30.1. The third-order valence-corrected chi connectivity index (χ3v) is 7.79. The number of anilines is 1. The van der Waals surface area contributed by atoms with Crippen molar-refractivity contribution in [2.24, 2.45) is 4.99 Å². The van der Waals surface area contributed by atoms with Crippen molar-refractivity contribution >= 4 is 28.6 Å². The average Bonchev–Trinajstić information content (AvgIpc) is 3.61. The van der Waals surface area contributed by atoms with Crippen LogP contribution in [0.25, 0.3) is 17.1 Å². The van der Waals surface area contributed by atoms with Gasteiger partial charge in [0.15, 0.2) is 11.0 Å². The van der Waals surface area contributed by atoms with Crippen molar-refractivity contribution in [1.82, 2.24) is 20.1 Å². The fourth-order valence-electron chi connectivity index (χ4n) is 5.06. The number of thioether (sulfide) groups is 1. The van der Waals surface area contributed by atoms with E-state index in [9.17, 15) is 18.0 Å². The minimum Gasteiger partial charge on any atom is -0.406 e. The van der Waals surface area contributed by atoms with E-state index in [2.05, 4.69) is 62.9 Å². The van der Waals surface area contributed by atoms with Crippen LogP contribution in [-0.2, 0) is 6.42 Å². The van der Waals surface area contributed by atoms with Crippen molar-refractivity contribution in [3.8, 4) is 22.8 Å². The molecule has 0 unspecified atom stereocenters. The maximum Gasteiger partial charge on any atom is 0.573 e. The van der Waals surface area contributed by atoms with Gasteiger partial charge in [-0.3, -0.25) is 0 Å². The van der Waals surface area contributed by atoms with Gasteiger partial charge in [0.25, 0.3) is 0 Å². The molecule has 0 atom stereocenters. The summed E-state index contributed by atoms with van der Waals surface area (Å²) in [5, 5.41) is 8.07. The molecule has 3 aromatic carbocycles. The lowest BCUT2D eigenvalue weighted by molar-refractivity contribution is -0.274. The second-order valence-corrected chi connectivity index (χ2v) is 11.3. The number of hydrogen-bond donors (Lipinski definition) is 1. The standard InChI is InChI=1S/C31H31F3N6O2S/c1-20-17-21(2)27(22(3)18-20)39-15-16-43-30(39)37-29(41)35-14-4-5-23-6-8-24(9-7-23)28-36-19-40(38-28)25-10-12-26(13-11-25)42-31(32,33)34/h6-13,17-19H,4-5,14-16H2,1-3H3,(H,35,41). The van der Waals surface area contributed by atoms with Crippen LogP contribution < -0.4 is 15.0 Å². The highest BCUT2D eigenvalue weighted by molar-refractivity contribution is 8.14. The van der Waals surface area contributed by atoms with E-state index < -0.39 is 6.36 Å². The monoisotopic (exact) mass is 608 g/mol. The van der Waals surface area contributed by atoms with Gasteiger partial charge in [-0.25, -0.2) is 14.5 Å². The van der Waals surface area contributed by atoms with Gasteiger partial charge in [0.05, 0.1) is 5.69 Å². The van der Waals surface area contributed by atoms with Crippen LogP contribution in [0.2, 0.25) is 0 Å². The second-order valence-electron chi connectivity index (χ2n) is 10.2. The molecule has 1 aliphatic heterocycles. The van der Waals surface area contributed by atoms with Crippen LogP contribution in [0.4, 0.5) is 23.7 Å². The summed E-state index contributed by atoms with van der Waals surface area (Å²) in [6.45, 7) is 7.59. The van der Waals surface area contributed by atoms with Gasteiger partial charge in [-0.2, -0.15) is 4.99 Å². The molecule has 1 aliphatic rings. The number of halogens is 3. The van der Waals surface area contributed by atoms with E-state index >= 15 is 0 Å². The van der Waals surface area contributed by atoms with Crippen molar-refractivity contribution in [3.05, 3.63) is 89.2 Å². The van der Waals surface area contributed by atoms with Gasteiger partial charge in [-0.05, 0) is 74.6 Å². The molecule has 0 bridgehead atoms. The molecule has 0 spiro atoms. The SMILES string of the molecule is Cc1cc(C)c(N2CCSC2=NC(=O)NCCCc2ccc(-c3ncn(-c4ccc(OC(F)(F)F)cc4)n3)cc2)c(C)c1. The van der Waals surface area contributed by atoms with E-state index in [0.29, 0.717) is 18.1 Å². The summed E-state index contributed by atoms with van der Waals surface area (Å²) in [6, 6.07) is 17.2. The molecule has 224 valence electrons. The maximum absolute atomic E-state index is 12.6. The van der Waals surface area contributed by atoms with Gasteiger partial charge in [0.2, 0.25) is 0 Å². The van der Waals surface area contributed by atoms with Gasteiger partial charge in [-0.1, -0.05) is 53.7 Å². The summed E-state index contributed by atoms with van der Waals surface area (Å²) in [7, 11) is 0. The highest BCUT2D eigenvalue weighted by atomic mass is 32.2. The summed E-state index contributed by atoms with van der Waals surface area (Å²) in [5.41, 5.74) is 7.16. The lowest BCUT2D eigenvalue weighted by Crippen LogP contribution is -2.29. The van der Waals surface area contributed by atoms with E-state index in [0.717, 1.165) is 47.1 Å². The summed E-state index contributed by atoms with van der Waals surface area (Å²) < 4.78 is 42.6. The molecule has 43 heavy (non-hydrogen) atoms. The molecular weight excluding hydrogens is 577 g/mol. The molecular formula is C31H31F3N6O2S. The summed E-state index contributed by atoms with van der Waals surface area (Å²) in [6.07, 6.45) is -1.71. The zero-order valence-electron chi connectivity index (χ0n) is 24.0. The maximum atomic E-state index is 12.6. The minimum absolute atomic E-state index is 0.303. The third-order valence-electron chi connectivity index (χ3n) is 6.84. The predicted molar refractivity (Wildman–Crippen MR) is 163 cm³/mol. The number of aliphatic imine (C=N–C) groups is 1. The molecule has 1 saturated heterocycles. The summed E-state index contributed by atoms with van der Waals surface area (Å²) in [5.74, 6) is 1.07. The number of urea groups is 1. The van der Waals surface area contributed by atoms with Crippen molar-refractivity contribution in [2.75, 3.05) is 23.7 Å². The lowest BCUT2D eigenvalue weighted by Gasteiger charge is -2.23. The number of carbonyl (C=O) groups is 1. The van der Waals surface area contributed by atoms with Crippen molar-refractivity contribution in [3.63, 3.8) is 0 Å². The van der Waals surface area contributed by atoms with Crippen LogP contribution in [0.1, 0.15) is 28.7 Å². The number of nitrogens with zero attached hydrogens (tertiary/aromatic N) is 5. The second kappa shape index (κ2) is 12.9. The molecule has 2 heterocycles. The topological polar surface area (TPSA) is 84.6 Å². The Bertz CT molecular complexity index is 1590. The number of ether oxygens (including phenoxy) is 1. The van der Waals surface area contributed by atoms with Crippen LogP contribution in [-0.4, -0.2) is 51.2 Å². The Morgan fingerprint density at radius 1 is 1.05 bits per heavy atom. The van der Waals surface area contributed by atoms with Crippen LogP contribution in [0.15, 0.2) is 72.0 Å². The van der Waals surface area contributed by atoms with E-state index in [4.69, 9.17) is 0 Å². The number of aryl methyl sites for hydroxylation is 4. The summed E-state index contributed by atoms with van der Waals surface area (Å²) >= 11 is 1.59. The Balaban J connectivity index is 1.11. The Morgan fingerprint density at radius 3 is 2.42 bits per heavy atom. The molecule has 12 heteroatoms. The number of amides is 2. The zero-order valence-corrected chi connectivity index (χ0v) is 24.8. The quantitative estimate of drug-likeness (QED) is 0.217. The Morgan fingerprint density at radius 2 is 1.74 bits per heavy atom. The Kier molecular flexibility index (Phi) is 9.05. The number of carbonyl (C=O) groups excluding carboxylic acids is 1. The fourth-order valence-corrected chi connectivity index (χ4v) is 6.00. The van der Waals surface area contributed by atoms with Crippen molar-refractivity contribution in [1.29, 1.82) is 0 Å². The molecule has 5 rings (SSSR count). The lowest BCUT2D eigenvalue weighted by atomic mass is 10.0.